The number of carbonyl (C=O) groups is 2. The number of fused-ring (bicyclic) bond motifs is 14. The Labute approximate surface area is 311 Å². The predicted octanol–water partition coefficient (Wildman–Crippen LogP) is 8.37. The first-order valence-corrected chi connectivity index (χ1v) is 17.8. The van der Waals surface area contributed by atoms with E-state index in [0.29, 0.717) is 50.6 Å². The molecule has 8 heteroatoms. The average Bonchev–Trinajstić information content (AvgIpc) is 3.85. The summed E-state index contributed by atoms with van der Waals surface area (Å²) in [5.41, 5.74) is 10.6. The van der Waals surface area contributed by atoms with Crippen molar-refractivity contribution in [2.24, 2.45) is 0 Å². The van der Waals surface area contributed by atoms with Gasteiger partial charge in [-0.25, -0.2) is 9.59 Å². The first-order valence-electron chi connectivity index (χ1n) is 17.8. The van der Waals surface area contributed by atoms with Gasteiger partial charge in [0.25, 0.3) is 0 Å². The van der Waals surface area contributed by atoms with Crippen LogP contribution in [-0.4, -0.2) is 38.4 Å². The van der Waals surface area contributed by atoms with Crippen molar-refractivity contribution in [2.45, 2.75) is 31.7 Å². The third kappa shape index (κ3) is 3.75. The standard InChI is InChI=1S/C46H34O8/c1-23-14-16-26-30-20-38-31(21-37(30)45(35(26)18-23)33-12-8-6-10-28(33)43(48)53-45)27-17-15-25(19-36(27)46(38)34-13-9-7-11-29(34)44(49)54-46)39-32(22-47)40(50-3)24(2)41(51-4)42(39)52-5/h6-21,47H,22H2,1-5H3. The second-order valence-corrected chi connectivity index (χ2v) is 14.2. The number of hydrogen-bond acceptors (Lipinski definition) is 8. The zero-order valence-electron chi connectivity index (χ0n) is 30.2. The summed E-state index contributed by atoms with van der Waals surface area (Å²) in [5.74, 6) is 0.628. The molecular formula is C46H34O8. The van der Waals surface area contributed by atoms with Gasteiger partial charge in [-0.2, -0.15) is 0 Å². The summed E-state index contributed by atoms with van der Waals surface area (Å²) in [5, 5.41) is 10.8. The van der Waals surface area contributed by atoms with Gasteiger partial charge in [-0.1, -0.05) is 72.3 Å². The molecule has 2 spiro atoms. The SMILES string of the molecule is COc1c(C)c(OC)c(OC)c(-c2ccc3c(c2)C2(OC(=O)c4ccccc42)c2cc4c(cc2-3)C2(OC(=O)c3ccccc32)c2cc(C)ccc2-4)c1CO. The van der Waals surface area contributed by atoms with Gasteiger partial charge in [0.05, 0.1) is 39.1 Å². The number of ether oxygens (including phenoxy) is 5. The zero-order chi connectivity index (χ0) is 37.3. The minimum atomic E-state index is -1.31. The number of aryl methyl sites for hydroxylation is 1. The highest BCUT2D eigenvalue weighted by Gasteiger charge is 2.58. The molecule has 54 heavy (non-hydrogen) atoms. The van der Waals surface area contributed by atoms with Gasteiger partial charge in [0.2, 0.25) is 0 Å². The molecule has 0 saturated carbocycles. The maximum atomic E-state index is 13.9. The van der Waals surface area contributed by atoms with Crippen LogP contribution < -0.4 is 14.2 Å². The maximum Gasteiger partial charge on any atom is 0.340 e. The third-order valence-corrected chi connectivity index (χ3v) is 11.7. The molecule has 8 nitrogen and oxygen atoms in total. The van der Waals surface area contributed by atoms with Crippen molar-refractivity contribution in [1.82, 2.24) is 0 Å². The lowest BCUT2D eigenvalue weighted by atomic mass is 9.80. The molecule has 0 saturated heterocycles. The molecule has 0 amide bonds. The van der Waals surface area contributed by atoms with E-state index in [1.54, 1.807) is 27.4 Å². The van der Waals surface area contributed by atoms with Crippen LogP contribution in [0.25, 0.3) is 33.4 Å². The molecule has 10 rings (SSSR count). The lowest BCUT2D eigenvalue weighted by Crippen LogP contribution is -2.28. The quantitative estimate of drug-likeness (QED) is 0.178. The van der Waals surface area contributed by atoms with E-state index in [9.17, 15) is 14.7 Å². The van der Waals surface area contributed by atoms with Gasteiger partial charge in [-0.05, 0) is 72.0 Å². The molecule has 4 aliphatic rings. The molecule has 6 aromatic carbocycles. The van der Waals surface area contributed by atoms with Crippen LogP contribution in [0.3, 0.4) is 0 Å². The van der Waals surface area contributed by atoms with Crippen LogP contribution in [0.4, 0.5) is 0 Å². The monoisotopic (exact) mass is 714 g/mol. The molecule has 2 aliphatic heterocycles. The van der Waals surface area contributed by atoms with E-state index in [0.717, 1.165) is 61.2 Å². The van der Waals surface area contributed by atoms with Crippen molar-refractivity contribution in [2.75, 3.05) is 21.3 Å². The number of methoxy groups -OCH3 is 3. The molecule has 2 atom stereocenters. The molecule has 0 bridgehead atoms. The number of carbonyl (C=O) groups excluding carboxylic acids is 2. The van der Waals surface area contributed by atoms with E-state index in [1.165, 1.54) is 0 Å². The second-order valence-electron chi connectivity index (χ2n) is 14.2. The molecule has 0 radical (unpaired) electrons. The smallest absolute Gasteiger partial charge is 0.340 e. The van der Waals surface area contributed by atoms with E-state index in [1.807, 2.05) is 74.5 Å². The van der Waals surface area contributed by atoms with E-state index in [2.05, 4.69) is 30.3 Å². The summed E-state index contributed by atoms with van der Waals surface area (Å²) in [6.45, 7) is 3.57. The van der Waals surface area contributed by atoms with Gasteiger partial charge in [-0.15, -0.1) is 0 Å². The lowest BCUT2D eigenvalue weighted by Gasteiger charge is -2.29. The van der Waals surface area contributed by atoms with Gasteiger partial charge in [0.1, 0.15) is 5.75 Å². The van der Waals surface area contributed by atoms with E-state index < -0.39 is 17.2 Å². The van der Waals surface area contributed by atoms with Crippen LogP contribution in [0, 0.1) is 13.8 Å². The van der Waals surface area contributed by atoms with Crippen LogP contribution in [0.2, 0.25) is 0 Å². The number of esters is 2. The second kappa shape index (κ2) is 11.1. The minimum absolute atomic E-state index is 0.326. The van der Waals surface area contributed by atoms with E-state index in [-0.39, 0.29) is 12.6 Å². The Morgan fingerprint density at radius 1 is 0.537 bits per heavy atom. The Morgan fingerprint density at radius 2 is 1.04 bits per heavy atom. The van der Waals surface area contributed by atoms with Crippen LogP contribution in [-0.2, 0) is 27.3 Å². The largest absolute Gasteiger partial charge is 0.496 e. The van der Waals surface area contributed by atoms with Crippen molar-refractivity contribution in [3.8, 4) is 50.6 Å². The fourth-order valence-electron chi connectivity index (χ4n) is 9.60. The van der Waals surface area contributed by atoms with Crippen molar-refractivity contribution in [3.05, 3.63) is 158 Å². The van der Waals surface area contributed by atoms with Gasteiger partial charge in [0, 0.05) is 50.1 Å². The average molecular weight is 715 g/mol. The highest BCUT2D eigenvalue weighted by molar-refractivity contribution is 6.03. The topological polar surface area (TPSA) is 101 Å². The predicted molar refractivity (Wildman–Crippen MR) is 201 cm³/mol. The van der Waals surface area contributed by atoms with Crippen LogP contribution in [0.15, 0.2) is 97.1 Å². The maximum absolute atomic E-state index is 13.9. The first kappa shape index (κ1) is 32.3. The fraction of sp³-hybridized carbons (Fsp3) is 0.174. The summed E-state index contributed by atoms with van der Waals surface area (Å²) in [6, 6.07) is 31.6. The van der Waals surface area contributed by atoms with Crippen LogP contribution in [0.1, 0.15) is 70.8 Å². The zero-order valence-corrected chi connectivity index (χ0v) is 30.2. The molecule has 1 N–H and O–H groups in total. The number of rotatable bonds is 5. The van der Waals surface area contributed by atoms with Gasteiger partial charge in [0.15, 0.2) is 22.7 Å². The summed E-state index contributed by atoms with van der Waals surface area (Å²) in [7, 11) is 4.70. The Kier molecular flexibility index (Phi) is 6.62. The summed E-state index contributed by atoms with van der Waals surface area (Å²) in [4.78, 5) is 27.5. The first-order chi connectivity index (χ1) is 26.2. The van der Waals surface area contributed by atoms with Crippen LogP contribution in [0.5, 0.6) is 17.2 Å². The molecule has 2 heterocycles. The summed E-state index contributed by atoms with van der Waals surface area (Å²) in [6.07, 6.45) is 0. The Balaban J connectivity index is 1.30. The van der Waals surface area contributed by atoms with Crippen molar-refractivity contribution in [1.29, 1.82) is 0 Å². The highest BCUT2D eigenvalue weighted by atomic mass is 16.6. The van der Waals surface area contributed by atoms with E-state index >= 15 is 0 Å². The number of aliphatic hydroxyl groups excluding tert-OH is 1. The number of benzene rings is 6. The molecule has 6 aromatic rings. The minimum Gasteiger partial charge on any atom is -0.496 e. The van der Waals surface area contributed by atoms with Gasteiger partial charge in [-0.3, -0.25) is 0 Å². The van der Waals surface area contributed by atoms with Crippen molar-refractivity contribution >= 4 is 11.9 Å². The normalized spacial score (nSPS) is 19.1. The number of hydrogen-bond donors (Lipinski definition) is 1. The van der Waals surface area contributed by atoms with Gasteiger partial charge < -0.3 is 28.8 Å². The summed E-state index contributed by atoms with van der Waals surface area (Å²) < 4.78 is 30.8. The number of aliphatic hydroxyl groups is 1. The molecule has 2 aliphatic carbocycles. The molecule has 266 valence electrons. The fourth-order valence-corrected chi connectivity index (χ4v) is 9.60. The van der Waals surface area contributed by atoms with Crippen molar-refractivity contribution < 1.29 is 38.4 Å². The Bertz CT molecular complexity index is 2660. The molecular weight excluding hydrogens is 680 g/mol. The van der Waals surface area contributed by atoms with Crippen molar-refractivity contribution in [3.63, 3.8) is 0 Å². The van der Waals surface area contributed by atoms with E-state index in [4.69, 9.17) is 23.7 Å². The molecule has 2 unspecified atom stereocenters. The van der Waals surface area contributed by atoms with Gasteiger partial charge >= 0.3 is 11.9 Å². The summed E-state index contributed by atoms with van der Waals surface area (Å²) >= 11 is 0. The molecule has 0 aromatic heterocycles. The lowest BCUT2D eigenvalue weighted by molar-refractivity contribution is 0.0249. The highest BCUT2D eigenvalue weighted by Crippen LogP contribution is 2.63. The Hall–Kier alpha value is -6.38. The molecule has 0 fully saturated rings. The third-order valence-electron chi connectivity index (χ3n) is 11.7. The van der Waals surface area contributed by atoms with Crippen LogP contribution >= 0.6 is 0 Å². The Morgan fingerprint density at radius 3 is 1.57 bits per heavy atom.